The van der Waals surface area contributed by atoms with Gasteiger partial charge in [-0.05, 0) is 13.8 Å². The maximum Gasteiger partial charge on any atom is 0.324 e. The van der Waals surface area contributed by atoms with Crippen molar-refractivity contribution in [1.29, 1.82) is 0 Å². The summed E-state index contributed by atoms with van der Waals surface area (Å²) in [5.74, 6) is 8.60. The molecule has 0 saturated carbocycles. The molecule has 2 heterocycles. The van der Waals surface area contributed by atoms with E-state index in [2.05, 4.69) is 26.3 Å². The molecule has 1 aromatic heterocycles. The van der Waals surface area contributed by atoms with Crippen LogP contribution >= 0.6 is 0 Å². The first kappa shape index (κ1) is 14.3. The number of rotatable bonds is 4. The van der Waals surface area contributed by atoms with Gasteiger partial charge in [0.15, 0.2) is 5.60 Å². The minimum Gasteiger partial charge on any atom is -0.444 e. The average Bonchev–Trinajstić information content (AvgIpc) is 2.47. The lowest BCUT2D eigenvalue weighted by Crippen LogP contribution is -2.38. The molecule has 2 rings (SSSR count). The van der Waals surface area contributed by atoms with Gasteiger partial charge in [0.1, 0.15) is 0 Å². The van der Waals surface area contributed by atoms with Crippen LogP contribution in [-0.4, -0.2) is 46.9 Å². The highest BCUT2D eigenvalue weighted by Crippen LogP contribution is 2.19. The van der Waals surface area contributed by atoms with Crippen molar-refractivity contribution < 1.29 is 9.47 Å². The molecule has 1 saturated heterocycles. The van der Waals surface area contributed by atoms with Crippen molar-refractivity contribution >= 4 is 11.9 Å². The van der Waals surface area contributed by atoms with Gasteiger partial charge in [0.05, 0.1) is 13.2 Å². The monoisotopic (exact) mass is 278 g/mol. The molecule has 1 fully saturated rings. The Morgan fingerprint density at radius 1 is 1.35 bits per heavy atom. The lowest BCUT2D eigenvalue weighted by atomic mass is 10.2. The summed E-state index contributed by atoms with van der Waals surface area (Å²) in [6, 6.07) is 0.136. The van der Waals surface area contributed by atoms with Gasteiger partial charge in [-0.3, -0.25) is 5.43 Å². The van der Waals surface area contributed by atoms with Gasteiger partial charge >= 0.3 is 6.01 Å². The number of morpholine rings is 1. The number of nitrogens with zero attached hydrogens (tertiary/aromatic N) is 4. The number of aromatic nitrogens is 3. The van der Waals surface area contributed by atoms with Crippen LogP contribution in [0, 0.1) is 12.3 Å². The van der Waals surface area contributed by atoms with Gasteiger partial charge in [-0.25, -0.2) is 5.84 Å². The van der Waals surface area contributed by atoms with Crippen molar-refractivity contribution in [3.63, 3.8) is 0 Å². The largest absolute Gasteiger partial charge is 0.444 e. The molecule has 0 spiro atoms. The number of terminal acetylenes is 1. The van der Waals surface area contributed by atoms with E-state index in [4.69, 9.17) is 21.7 Å². The Bertz CT molecular complexity index is 507. The number of hydrazine groups is 1. The van der Waals surface area contributed by atoms with Gasteiger partial charge in [0.2, 0.25) is 11.9 Å². The van der Waals surface area contributed by atoms with E-state index in [9.17, 15) is 0 Å². The fourth-order valence-electron chi connectivity index (χ4n) is 1.62. The van der Waals surface area contributed by atoms with Crippen LogP contribution in [0.15, 0.2) is 0 Å². The second-order valence-corrected chi connectivity index (χ2v) is 4.74. The maximum atomic E-state index is 5.57. The van der Waals surface area contributed by atoms with Crippen LogP contribution in [0.4, 0.5) is 11.9 Å². The quantitative estimate of drug-likeness (QED) is 0.443. The standard InChI is InChI=1S/C12H18N6O2/c1-4-12(2,3)20-11-15-9(17-13)14-10(16-11)18-5-7-19-8-6-18/h1H,5-8,13H2,2-3H3,(H,14,15,16,17). The third kappa shape index (κ3) is 3.46. The van der Waals surface area contributed by atoms with Crippen molar-refractivity contribution in [3.05, 3.63) is 0 Å². The van der Waals surface area contributed by atoms with Crippen molar-refractivity contribution in [1.82, 2.24) is 15.0 Å². The molecular weight excluding hydrogens is 260 g/mol. The fraction of sp³-hybridized carbons (Fsp3) is 0.583. The first-order chi connectivity index (χ1) is 9.54. The third-order valence-corrected chi connectivity index (χ3v) is 2.72. The van der Waals surface area contributed by atoms with Crippen molar-refractivity contribution in [2.24, 2.45) is 5.84 Å². The van der Waals surface area contributed by atoms with E-state index in [-0.39, 0.29) is 12.0 Å². The smallest absolute Gasteiger partial charge is 0.324 e. The van der Waals surface area contributed by atoms with Crippen LogP contribution in [0.2, 0.25) is 0 Å². The summed E-state index contributed by atoms with van der Waals surface area (Å²) in [6.07, 6.45) is 5.39. The van der Waals surface area contributed by atoms with Gasteiger partial charge in [0.25, 0.3) is 0 Å². The van der Waals surface area contributed by atoms with Crippen LogP contribution in [0.1, 0.15) is 13.8 Å². The van der Waals surface area contributed by atoms with Crippen LogP contribution in [0.5, 0.6) is 6.01 Å². The van der Waals surface area contributed by atoms with Crippen molar-refractivity contribution in [3.8, 4) is 18.4 Å². The summed E-state index contributed by atoms with van der Waals surface area (Å²) in [4.78, 5) is 14.5. The first-order valence-electron chi connectivity index (χ1n) is 6.26. The molecule has 0 aromatic carbocycles. The second-order valence-electron chi connectivity index (χ2n) is 4.74. The van der Waals surface area contributed by atoms with Gasteiger partial charge in [-0.2, -0.15) is 15.0 Å². The summed E-state index contributed by atoms with van der Waals surface area (Å²) in [5, 5.41) is 0. The Hall–Kier alpha value is -2.11. The highest BCUT2D eigenvalue weighted by atomic mass is 16.5. The molecule has 1 aliphatic rings. The molecular formula is C12H18N6O2. The van der Waals surface area contributed by atoms with E-state index in [1.165, 1.54) is 0 Å². The number of nitrogens with two attached hydrogens (primary N) is 1. The first-order valence-corrected chi connectivity index (χ1v) is 6.26. The zero-order valence-electron chi connectivity index (χ0n) is 11.6. The summed E-state index contributed by atoms with van der Waals surface area (Å²) >= 11 is 0. The molecule has 20 heavy (non-hydrogen) atoms. The topological polar surface area (TPSA) is 98.4 Å². The summed E-state index contributed by atoms with van der Waals surface area (Å²) in [7, 11) is 0. The summed E-state index contributed by atoms with van der Waals surface area (Å²) in [5.41, 5.74) is 1.59. The lowest BCUT2D eigenvalue weighted by molar-refractivity contribution is 0.121. The zero-order chi connectivity index (χ0) is 14.6. The van der Waals surface area contributed by atoms with E-state index >= 15 is 0 Å². The van der Waals surface area contributed by atoms with E-state index in [0.717, 1.165) is 0 Å². The number of hydrogen-bond acceptors (Lipinski definition) is 8. The molecule has 0 radical (unpaired) electrons. The Kier molecular flexibility index (Phi) is 4.22. The normalized spacial score (nSPS) is 15.6. The number of ether oxygens (including phenoxy) is 2. The molecule has 1 aromatic rings. The predicted octanol–water partition coefficient (Wildman–Crippen LogP) is -0.216. The van der Waals surface area contributed by atoms with E-state index < -0.39 is 5.60 Å². The number of hydrogen-bond donors (Lipinski definition) is 2. The van der Waals surface area contributed by atoms with Gasteiger partial charge < -0.3 is 14.4 Å². The molecule has 1 aliphatic heterocycles. The molecule has 0 aliphatic carbocycles. The minimum atomic E-state index is -0.810. The Morgan fingerprint density at radius 2 is 2.05 bits per heavy atom. The fourth-order valence-corrected chi connectivity index (χ4v) is 1.62. The molecule has 0 amide bonds. The SMILES string of the molecule is C#CC(C)(C)Oc1nc(NN)nc(N2CCOCC2)n1. The minimum absolute atomic E-state index is 0.136. The third-order valence-electron chi connectivity index (χ3n) is 2.72. The van der Waals surface area contributed by atoms with Crippen molar-refractivity contribution in [2.45, 2.75) is 19.4 Å². The van der Waals surface area contributed by atoms with Crippen LogP contribution in [0.3, 0.4) is 0 Å². The predicted molar refractivity (Wildman–Crippen MR) is 74.2 cm³/mol. The number of nitrogens with one attached hydrogen (secondary N) is 1. The van der Waals surface area contributed by atoms with Crippen LogP contribution < -0.4 is 20.9 Å². The number of anilines is 2. The molecule has 0 bridgehead atoms. The summed E-state index contributed by atoms with van der Waals surface area (Å²) in [6.45, 7) is 6.16. The van der Waals surface area contributed by atoms with Gasteiger partial charge in [-0.1, -0.05) is 5.92 Å². The Morgan fingerprint density at radius 3 is 2.65 bits per heavy atom. The lowest BCUT2D eigenvalue weighted by Gasteiger charge is -2.27. The molecule has 108 valence electrons. The maximum absolute atomic E-state index is 5.57. The highest BCUT2D eigenvalue weighted by molar-refractivity contribution is 5.38. The molecule has 0 atom stereocenters. The van der Waals surface area contributed by atoms with Crippen LogP contribution in [0.25, 0.3) is 0 Å². The Labute approximate surface area is 117 Å². The second kappa shape index (κ2) is 5.90. The zero-order valence-corrected chi connectivity index (χ0v) is 11.6. The van der Waals surface area contributed by atoms with Gasteiger partial charge in [0, 0.05) is 13.1 Å². The van der Waals surface area contributed by atoms with E-state index in [0.29, 0.717) is 32.3 Å². The Balaban J connectivity index is 2.26. The molecule has 0 unspecified atom stereocenters. The van der Waals surface area contributed by atoms with Crippen molar-refractivity contribution in [2.75, 3.05) is 36.6 Å². The van der Waals surface area contributed by atoms with E-state index in [1.54, 1.807) is 13.8 Å². The van der Waals surface area contributed by atoms with E-state index in [1.807, 2.05) is 4.90 Å². The molecule has 8 nitrogen and oxygen atoms in total. The highest BCUT2D eigenvalue weighted by Gasteiger charge is 2.21. The summed E-state index contributed by atoms with van der Waals surface area (Å²) < 4.78 is 10.9. The molecule has 3 N–H and O–H groups in total. The number of nitrogen functional groups attached to an aromatic ring is 1. The average molecular weight is 278 g/mol. The molecule has 8 heteroatoms. The van der Waals surface area contributed by atoms with Crippen LogP contribution in [-0.2, 0) is 4.74 Å². The van der Waals surface area contributed by atoms with Gasteiger partial charge in [-0.15, -0.1) is 6.42 Å².